The molecule has 2 amide bonds. The summed E-state index contributed by atoms with van der Waals surface area (Å²) in [5.74, 6) is 0.584. The number of ether oxygens (including phenoxy) is 2. The zero-order valence-corrected chi connectivity index (χ0v) is 22.6. The molecule has 2 rings (SSSR count). The van der Waals surface area contributed by atoms with Crippen molar-refractivity contribution in [2.45, 2.75) is 66.2 Å². The molecule has 2 aromatic rings. The highest BCUT2D eigenvalue weighted by Crippen LogP contribution is 2.27. The highest BCUT2D eigenvalue weighted by Gasteiger charge is 2.23. The van der Waals surface area contributed by atoms with Crippen LogP contribution in [0.5, 0.6) is 5.75 Å². The van der Waals surface area contributed by atoms with Crippen LogP contribution in [-0.2, 0) is 24.5 Å². The van der Waals surface area contributed by atoms with Gasteiger partial charge in [-0.1, -0.05) is 34.6 Å². The van der Waals surface area contributed by atoms with E-state index in [4.69, 9.17) is 14.6 Å². The van der Waals surface area contributed by atoms with Gasteiger partial charge >= 0.3 is 5.97 Å². The van der Waals surface area contributed by atoms with Gasteiger partial charge in [-0.2, -0.15) is 5.10 Å². The van der Waals surface area contributed by atoms with E-state index in [2.05, 4.69) is 39.9 Å². The third-order valence-corrected chi connectivity index (χ3v) is 5.57. The Bertz CT molecular complexity index is 1020. The van der Waals surface area contributed by atoms with Crippen molar-refractivity contribution >= 4 is 23.6 Å². The van der Waals surface area contributed by atoms with E-state index >= 15 is 0 Å². The summed E-state index contributed by atoms with van der Waals surface area (Å²) >= 11 is 0. The number of rotatable bonds is 12. The number of hydrogen-bond donors (Lipinski definition) is 1. The third-order valence-electron chi connectivity index (χ3n) is 5.57. The second kappa shape index (κ2) is 13.1. The van der Waals surface area contributed by atoms with Crippen LogP contribution in [0, 0.1) is 5.92 Å². The van der Waals surface area contributed by atoms with E-state index in [1.807, 2.05) is 30.3 Å². The first-order valence-corrected chi connectivity index (χ1v) is 12.4. The lowest BCUT2D eigenvalue weighted by molar-refractivity contribution is -0.145. The standard InChI is InChI=1S/C27H40N4O5/c1-8-36-26(34)14-13-25(33)30(16-15-19(2)3)18-24(32)28-23-17-22(27(4,5)6)29-31(23)20-9-11-21(35-7)12-10-20/h9-12,17,19H,8,13-16,18H2,1-7H3,(H,28,32). The predicted octanol–water partition coefficient (Wildman–Crippen LogP) is 4.33. The van der Waals surface area contributed by atoms with Gasteiger partial charge in [-0.15, -0.1) is 0 Å². The molecule has 0 aliphatic carbocycles. The molecule has 1 N–H and O–H groups in total. The van der Waals surface area contributed by atoms with Gasteiger partial charge in [0.1, 0.15) is 11.6 Å². The van der Waals surface area contributed by atoms with Crippen molar-refractivity contribution in [1.29, 1.82) is 0 Å². The topological polar surface area (TPSA) is 103 Å². The van der Waals surface area contributed by atoms with Gasteiger partial charge < -0.3 is 19.7 Å². The summed E-state index contributed by atoms with van der Waals surface area (Å²) < 4.78 is 11.9. The lowest BCUT2D eigenvalue weighted by Gasteiger charge is -2.23. The Balaban J connectivity index is 2.22. The van der Waals surface area contributed by atoms with E-state index in [-0.39, 0.29) is 43.2 Å². The number of nitrogens with one attached hydrogen (secondary N) is 1. The van der Waals surface area contributed by atoms with Gasteiger partial charge in [0.15, 0.2) is 0 Å². The third kappa shape index (κ3) is 8.70. The van der Waals surface area contributed by atoms with Crippen LogP contribution in [0.3, 0.4) is 0 Å². The molecule has 0 aliphatic rings. The van der Waals surface area contributed by atoms with Gasteiger partial charge in [0.05, 0.1) is 38.1 Å². The highest BCUT2D eigenvalue weighted by atomic mass is 16.5. The molecule has 1 aromatic heterocycles. The van der Waals surface area contributed by atoms with Crippen LogP contribution < -0.4 is 10.1 Å². The molecule has 9 nitrogen and oxygen atoms in total. The number of esters is 1. The smallest absolute Gasteiger partial charge is 0.306 e. The molecule has 0 bridgehead atoms. The molecule has 0 unspecified atom stereocenters. The monoisotopic (exact) mass is 500 g/mol. The van der Waals surface area contributed by atoms with E-state index in [1.54, 1.807) is 18.7 Å². The first-order chi connectivity index (χ1) is 16.9. The predicted molar refractivity (Wildman–Crippen MR) is 139 cm³/mol. The Morgan fingerprint density at radius 2 is 1.78 bits per heavy atom. The molecular formula is C27H40N4O5. The molecule has 0 aliphatic heterocycles. The van der Waals surface area contributed by atoms with Gasteiger partial charge in [-0.05, 0) is 43.5 Å². The van der Waals surface area contributed by atoms with Crippen LogP contribution in [0.1, 0.15) is 66.5 Å². The quantitative estimate of drug-likeness (QED) is 0.435. The van der Waals surface area contributed by atoms with Crippen LogP contribution in [0.25, 0.3) is 5.69 Å². The number of benzene rings is 1. The number of anilines is 1. The normalized spacial score (nSPS) is 11.3. The van der Waals surface area contributed by atoms with Gasteiger partial charge in [0.2, 0.25) is 11.8 Å². The number of aromatic nitrogens is 2. The summed E-state index contributed by atoms with van der Waals surface area (Å²) in [6.07, 6.45) is 0.740. The number of carbonyl (C=O) groups is 3. The molecule has 1 aromatic carbocycles. The van der Waals surface area contributed by atoms with Gasteiger partial charge in [0.25, 0.3) is 0 Å². The Hall–Kier alpha value is -3.36. The minimum Gasteiger partial charge on any atom is -0.497 e. The van der Waals surface area contributed by atoms with Gasteiger partial charge in [0, 0.05) is 24.4 Å². The first kappa shape index (κ1) is 28.9. The SMILES string of the molecule is CCOC(=O)CCC(=O)N(CCC(C)C)CC(=O)Nc1cc(C(C)(C)C)nn1-c1ccc(OC)cc1. The van der Waals surface area contributed by atoms with Crippen LogP contribution >= 0.6 is 0 Å². The molecule has 36 heavy (non-hydrogen) atoms. The second-order valence-corrected chi connectivity index (χ2v) is 10.1. The molecule has 0 saturated heterocycles. The maximum absolute atomic E-state index is 13.1. The second-order valence-electron chi connectivity index (χ2n) is 10.1. The average molecular weight is 501 g/mol. The number of nitrogens with zero attached hydrogens (tertiary/aromatic N) is 3. The summed E-state index contributed by atoms with van der Waals surface area (Å²) in [7, 11) is 1.60. The summed E-state index contributed by atoms with van der Waals surface area (Å²) in [6.45, 7) is 12.6. The minimum atomic E-state index is -0.419. The maximum atomic E-state index is 13.1. The Labute approximate surface area is 214 Å². The summed E-state index contributed by atoms with van der Waals surface area (Å²) in [4.78, 5) is 39.2. The van der Waals surface area contributed by atoms with E-state index in [0.717, 1.165) is 23.6 Å². The van der Waals surface area contributed by atoms with Crippen LogP contribution in [0.15, 0.2) is 30.3 Å². The van der Waals surface area contributed by atoms with Crippen molar-refractivity contribution in [3.8, 4) is 11.4 Å². The van der Waals surface area contributed by atoms with Gasteiger partial charge in [-0.3, -0.25) is 14.4 Å². The average Bonchev–Trinajstić information content (AvgIpc) is 3.24. The highest BCUT2D eigenvalue weighted by molar-refractivity contribution is 5.94. The Morgan fingerprint density at radius 3 is 2.33 bits per heavy atom. The van der Waals surface area contributed by atoms with Crippen molar-refractivity contribution in [2.75, 3.05) is 32.1 Å². The lowest BCUT2D eigenvalue weighted by Crippen LogP contribution is -2.39. The molecule has 198 valence electrons. The minimum absolute atomic E-state index is 0.00214. The fourth-order valence-corrected chi connectivity index (χ4v) is 3.42. The molecule has 1 heterocycles. The van der Waals surface area contributed by atoms with Crippen LogP contribution in [0.4, 0.5) is 5.82 Å². The summed E-state index contributed by atoms with van der Waals surface area (Å²) in [5, 5.41) is 7.66. The first-order valence-electron chi connectivity index (χ1n) is 12.4. The molecule has 0 radical (unpaired) electrons. The van der Waals surface area contributed by atoms with Crippen LogP contribution in [0.2, 0.25) is 0 Å². The zero-order chi connectivity index (χ0) is 26.9. The largest absolute Gasteiger partial charge is 0.497 e. The van der Waals surface area contributed by atoms with E-state index in [9.17, 15) is 14.4 Å². The fraction of sp³-hybridized carbons (Fsp3) is 0.556. The molecule has 0 saturated carbocycles. The zero-order valence-electron chi connectivity index (χ0n) is 22.6. The Morgan fingerprint density at radius 1 is 1.11 bits per heavy atom. The molecular weight excluding hydrogens is 460 g/mol. The number of carbonyl (C=O) groups excluding carboxylic acids is 3. The summed E-state index contributed by atoms with van der Waals surface area (Å²) in [6, 6.07) is 9.23. The molecule has 0 spiro atoms. The fourth-order valence-electron chi connectivity index (χ4n) is 3.42. The number of methoxy groups -OCH3 is 1. The van der Waals surface area contributed by atoms with Crippen molar-refractivity contribution < 1.29 is 23.9 Å². The molecule has 9 heteroatoms. The van der Waals surface area contributed by atoms with Gasteiger partial charge in [-0.25, -0.2) is 4.68 Å². The van der Waals surface area contributed by atoms with Crippen LogP contribution in [-0.4, -0.2) is 59.3 Å². The van der Waals surface area contributed by atoms with Crippen molar-refractivity contribution in [2.24, 2.45) is 5.92 Å². The van der Waals surface area contributed by atoms with Crippen molar-refractivity contribution in [3.63, 3.8) is 0 Å². The lowest BCUT2D eigenvalue weighted by atomic mass is 9.92. The van der Waals surface area contributed by atoms with E-state index in [1.165, 1.54) is 4.90 Å². The Kier molecular flexibility index (Phi) is 10.5. The van der Waals surface area contributed by atoms with E-state index < -0.39 is 5.97 Å². The molecule has 0 fully saturated rings. The van der Waals surface area contributed by atoms with Crippen molar-refractivity contribution in [1.82, 2.24) is 14.7 Å². The number of hydrogen-bond acceptors (Lipinski definition) is 6. The summed E-state index contributed by atoms with van der Waals surface area (Å²) in [5.41, 5.74) is 1.35. The maximum Gasteiger partial charge on any atom is 0.306 e. The van der Waals surface area contributed by atoms with Crippen molar-refractivity contribution in [3.05, 3.63) is 36.0 Å². The molecule has 0 atom stereocenters. The number of amides is 2. The van der Waals surface area contributed by atoms with E-state index in [0.29, 0.717) is 18.3 Å².